The van der Waals surface area contributed by atoms with E-state index in [0.29, 0.717) is 21.6 Å². The Morgan fingerprint density at radius 3 is 2.53 bits per heavy atom. The Labute approximate surface area is 199 Å². The molecule has 0 atom stereocenters. The summed E-state index contributed by atoms with van der Waals surface area (Å²) < 4.78 is 40.6. The largest absolute Gasteiger partial charge is 0.416 e. The molecule has 0 aliphatic carbocycles. The number of alkyl halides is 3. The van der Waals surface area contributed by atoms with Gasteiger partial charge < -0.3 is 16.0 Å². The van der Waals surface area contributed by atoms with Crippen molar-refractivity contribution in [3.63, 3.8) is 0 Å². The Balaban J connectivity index is 1.52. The number of carbonyl (C=O) groups excluding carboxylic acids is 1. The van der Waals surface area contributed by atoms with E-state index >= 15 is 0 Å². The molecular weight excluding hydrogens is 463 g/mol. The number of rotatable bonds is 3. The maximum atomic E-state index is 13.5. The minimum absolute atomic E-state index is 0.0227. The smallest absolute Gasteiger partial charge is 0.368 e. The molecule has 0 saturated carbocycles. The van der Waals surface area contributed by atoms with Crippen molar-refractivity contribution in [2.24, 2.45) is 0 Å². The lowest BCUT2D eigenvalue weighted by Gasteiger charge is -2.29. The van der Waals surface area contributed by atoms with E-state index in [0.717, 1.165) is 32.0 Å². The molecule has 10 heteroatoms. The molecule has 2 aromatic heterocycles. The molecule has 4 rings (SSSR count). The number of halogens is 3. The summed E-state index contributed by atoms with van der Waals surface area (Å²) in [5, 5.41) is 4.24. The molecule has 0 bridgehead atoms. The van der Waals surface area contributed by atoms with E-state index in [1.54, 1.807) is 17.5 Å². The highest BCUT2D eigenvalue weighted by atomic mass is 32.1. The van der Waals surface area contributed by atoms with Crippen molar-refractivity contribution in [1.29, 1.82) is 0 Å². The number of carbonyl (C=O) groups is 1. The molecule has 0 radical (unpaired) electrons. The van der Waals surface area contributed by atoms with E-state index in [1.165, 1.54) is 29.8 Å². The summed E-state index contributed by atoms with van der Waals surface area (Å²) in [5.41, 5.74) is 6.30. The van der Waals surface area contributed by atoms with Gasteiger partial charge in [-0.2, -0.15) is 13.2 Å². The summed E-state index contributed by atoms with van der Waals surface area (Å²) in [5.74, 6) is 5.48. The minimum Gasteiger partial charge on any atom is -0.368 e. The zero-order valence-electron chi connectivity index (χ0n) is 18.3. The number of benzene rings is 1. The molecule has 0 unspecified atom stereocenters. The Hall–Kier alpha value is -3.42. The van der Waals surface area contributed by atoms with Gasteiger partial charge in [0.05, 0.1) is 21.6 Å². The van der Waals surface area contributed by atoms with E-state index in [2.05, 4.69) is 32.0 Å². The number of aromatic nitrogens is 2. The minimum atomic E-state index is -4.50. The second-order valence-corrected chi connectivity index (χ2v) is 9.06. The van der Waals surface area contributed by atoms with Gasteiger partial charge >= 0.3 is 6.18 Å². The molecule has 0 spiro atoms. The molecular formula is C24H22F3N5OS. The van der Waals surface area contributed by atoms with Gasteiger partial charge in [0.15, 0.2) is 0 Å². The first-order chi connectivity index (χ1) is 16.2. The second kappa shape index (κ2) is 9.83. The van der Waals surface area contributed by atoms with Gasteiger partial charge in [-0.15, -0.1) is 11.3 Å². The zero-order valence-corrected chi connectivity index (χ0v) is 19.1. The fourth-order valence-corrected chi connectivity index (χ4v) is 4.46. The molecule has 3 heterocycles. The topological polar surface area (TPSA) is 84.1 Å². The molecule has 1 aromatic carbocycles. The van der Waals surface area contributed by atoms with Gasteiger partial charge in [-0.1, -0.05) is 11.8 Å². The fourth-order valence-electron chi connectivity index (χ4n) is 3.73. The number of nitrogens with zero attached hydrogens (tertiary/aromatic N) is 3. The van der Waals surface area contributed by atoms with Crippen LogP contribution in [0, 0.1) is 11.8 Å². The zero-order chi connectivity index (χ0) is 24.3. The number of likely N-dealkylation sites (tertiary alicyclic amines) is 1. The summed E-state index contributed by atoms with van der Waals surface area (Å²) in [7, 11) is 2.00. The lowest BCUT2D eigenvalue weighted by Crippen LogP contribution is -2.29. The fraction of sp³-hybridized carbons (Fsp3) is 0.292. The van der Waals surface area contributed by atoms with Crippen LogP contribution < -0.4 is 11.1 Å². The van der Waals surface area contributed by atoms with Gasteiger partial charge in [0.25, 0.3) is 5.91 Å². The normalized spacial score (nSPS) is 14.9. The third kappa shape index (κ3) is 5.92. The van der Waals surface area contributed by atoms with Crippen LogP contribution in [0.4, 0.5) is 24.8 Å². The van der Waals surface area contributed by atoms with E-state index in [-0.39, 0.29) is 17.6 Å². The Kier molecular flexibility index (Phi) is 6.86. The van der Waals surface area contributed by atoms with E-state index < -0.39 is 17.6 Å². The highest BCUT2D eigenvalue weighted by Gasteiger charge is 2.32. The number of anilines is 2. The molecule has 34 heavy (non-hydrogen) atoms. The van der Waals surface area contributed by atoms with Crippen LogP contribution in [0.15, 0.2) is 42.0 Å². The van der Waals surface area contributed by atoms with Gasteiger partial charge in [-0.05, 0) is 68.7 Å². The molecule has 1 amide bonds. The molecule has 6 nitrogen and oxygen atoms in total. The van der Waals surface area contributed by atoms with Gasteiger partial charge in [0, 0.05) is 23.5 Å². The van der Waals surface area contributed by atoms with Crippen LogP contribution in [0.25, 0.3) is 0 Å². The number of hydrogen-bond donors (Lipinski definition) is 2. The summed E-state index contributed by atoms with van der Waals surface area (Å²) in [6, 6.07) is 5.42. The maximum absolute atomic E-state index is 13.5. The van der Waals surface area contributed by atoms with E-state index in [9.17, 15) is 18.0 Å². The van der Waals surface area contributed by atoms with Crippen molar-refractivity contribution in [1.82, 2.24) is 14.9 Å². The number of nitrogens with one attached hydrogen (secondary N) is 1. The third-order valence-corrected chi connectivity index (χ3v) is 6.44. The molecule has 1 aliphatic heterocycles. The van der Waals surface area contributed by atoms with Gasteiger partial charge in [-0.3, -0.25) is 4.79 Å². The Morgan fingerprint density at radius 1 is 1.15 bits per heavy atom. The van der Waals surface area contributed by atoms with Gasteiger partial charge in [0.2, 0.25) is 5.95 Å². The summed E-state index contributed by atoms with van der Waals surface area (Å²) >= 11 is 1.26. The first kappa shape index (κ1) is 23.7. The van der Waals surface area contributed by atoms with Crippen LogP contribution in [-0.2, 0) is 6.18 Å². The van der Waals surface area contributed by atoms with Crippen molar-refractivity contribution in [2.75, 3.05) is 31.2 Å². The molecule has 3 N–H and O–H groups in total. The van der Waals surface area contributed by atoms with Crippen LogP contribution in [0.1, 0.15) is 50.7 Å². The Bertz CT molecular complexity index is 1240. The number of nitrogens with two attached hydrogens (primary N) is 1. The molecule has 1 aliphatic rings. The Morgan fingerprint density at radius 2 is 1.85 bits per heavy atom. The predicted octanol–water partition coefficient (Wildman–Crippen LogP) is 4.60. The molecule has 1 saturated heterocycles. The van der Waals surface area contributed by atoms with Crippen LogP contribution in [0.2, 0.25) is 0 Å². The number of piperidine rings is 1. The SMILES string of the molecule is CN1CCC(c2cc(NC(=O)c3csc(C#Cc4cnc(N)nc4)c3)cc(C(F)(F)F)c2)CC1. The molecule has 176 valence electrons. The monoisotopic (exact) mass is 485 g/mol. The number of amides is 1. The molecule has 3 aromatic rings. The highest BCUT2D eigenvalue weighted by Crippen LogP contribution is 2.36. The number of nitrogen functional groups attached to an aromatic ring is 1. The van der Waals surface area contributed by atoms with Crippen LogP contribution in [-0.4, -0.2) is 40.9 Å². The first-order valence-corrected chi connectivity index (χ1v) is 11.5. The van der Waals surface area contributed by atoms with Crippen molar-refractivity contribution in [3.8, 4) is 11.8 Å². The summed E-state index contributed by atoms with van der Waals surface area (Å²) in [6.45, 7) is 1.65. The first-order valence-electron chi connectivity index (χ1n) is 10.6. The van der Waals surface area contributed by atoms with Crippen LogP contribution >= 0.6 is 11.3 Å². The van der Waals surface area contributed by atoms with Crippen LogP contribution in [0.5, 0.6) is 0 Å². The standard InChI is InChI=1S/C24H22F3N5OS/c1-32-6-4-16(5-7-32)17-8-19(24(25,26)27)11-20(9-17)31-22(33)18-10-21(34-14-18)3-2-15-12-29-23(28)30-13-15/h8-14,16H,4-7H2,1H3,(H,31,33)(H2,28,29,30). The van der Waals surface area contributed by atoms with Crippen molar-refractivity contribution in [2.45, 2.75) is 24.9 Å². The summed E-state index contributed by atoms with van der Waals surface area (Å²) in [6.07, 6.45) is 0.0315. The molecule has 1 fully saturated rings. The quantitative estimate of drug-likeness (QED) is 0.530. The maximum Gasteiger partial charge on any atom is 0.416 e. The van der Waals surface area contributed by atoms with Crippen molar-refractivity contribution in [3.05, 3.63) is 69.2 Å². The lowest BCUT2D eigenvalue weighted by molar-refractivity contribution is -0.137. The lowest BCUT2D eigenvalue weighted by atomic mass is 9.88. The second-order valence-electron chi connectivity index (χ2n) is 8.15. The highest BCUT2D eigenvalue weighted by molar-refractivity contribution is 7.10. The van der Waals surface area contributed by atoms with E-state index in [1.807, 2.05) is 7.05 Å². The number of hydrogen-bond acceptors (Lipinski definition) is 6. The van der Waals surface area contributed by atoms with Crippen molar-refractivity contribution >= 4 is 28.9 Å². The van der Waals surface area contributed by atoms with Gasteiger partial charge in [0.1, 0.15) is 0 Å². The van der Waals surface area contributed by atoms with Crippen molar-refractivity contribution < 1.29 is 18.0 Å². The average molecular weight is 486 g/mol. The van der Waals surface area contributed by atoms with Crippen LogP contribution in [0.3, 0.4) is 0 Å². The predicted molar refractivity (Wildman–Crippen MR) is 126 cm³/mol. The third-order valence-electron chi connectivity index (χ3n) is 5.59. The summed E-state index contributed by atoms with van der Waals surface area (Å²) in [4.78, 5) is 23.3. The average Bonchev–Trinajstić information content (AvgIpc) is 3.28. The van der Waals surface area contributed by atoms with Gasteiger partial charge in [-0.25, -0.2) is 9.97 Å². The number of thiophene rings is 1. The van der Waals surface area contributed by atoms with E-state index in [4.69, 9.17) is 5.73 Å².